The van der Waals surface area contributed by atoms with Crippen LogP contribution in [0.1, 0.15) is 54.9 Å². The van der Waals surface area contributed by atoms with Crippen LogP contribution in [0.5, 0.6) is 0 Å². The highest BCUT2D eigenvalue weighted by molar-refractivity contribution is 8.15. The molecule has 1 aromatic rings. The summed E-state index contributed by atoms with van der Waals surface area (Å²) < 4.78 is 5.27. The van der Waals surface area contributed by atoms with Crippen LogP contribution in [-0.4, -0.2) is 29.4 Å². The van der Waals surface area contributed by atoms with Gasteiger partial charge in [-0.15, -0.1) is 11.3 Å². The third-order valence-corrected chi connectivity index (χ3v) is 7.03. The number of amides is 1. The number of rotatable bonds is 3. The van der Waals surface area contributed by atoms with Crippen molar-refractivity contribution < 1.29 is 14.3 Å². The Hall–Kier alpha value is -1.34. The smallest absolute Gasteiger partial charge is 0.341 e. The number of thiophene rings is 1. The minimum Gasteiger partial charge on any atom is -0.462 e. The summed E-state index contributed by atoms with van der Waals surface area (Å²) in [6.45, 7) is 8.83. The first kappa shape index (κ1) is 18.5. The van der Waals surface area contributed by atoms with E-state index >= 15 is 0 Å². The van der Waals surface area contributed by atoms with Gasteiger partial charge in [-0.3, -0.25) is 10.2 Å². The number of nitrogens with one attached hydrogen (secondary N) is 1. The van der Waals surface area contributed by atoms with E-state index in [-0.39, 0.29) is 28.2 Å². The molecule has 1 N–H and O–H groups in total. The highest BCUT2D eigenvalue weighted by atomic mass is 32.2. The summed E-state index contributed by atoms with van der Waals surface area (Å²) in [5, 5.41) is 8.86. The Morgan fingerprint density at radius 2 is 2.12 bits per heavy atom. The van der Waals surface area contributed by atoms with E-state index < -0.39 is 0 Å². The van der Waals surface area contributed by atoms with Gasteiger partial charge in [0.05, 0.1) is 17.9 Å². The molecule has 3 rings (SSSR count). The summed E-state index contributed by atoms with van der Waals surface area (Å²) in [6, 6.07) is 0. The average Bonchev–Trinajstić information content (AvgIpc) is 3.05. The average molecular weight is 381 g/mol. The van der Waals surface area contributed by atoms with Gasteiger partial charge in [0.2, 0.25) is 5.91 Å². The Labute approximate surface area is 156 Å². The van der Waals surface area contributed by atoms with Gasteiger partial charge in [0.1, 0.15) is 5.00 Å². The molecular formula is C18H24N2O3S2. The summed E-state index contributed by atoms with van der Waals surface area (Å²) in [7, 11) is 0. The van der Waals surface area contributed by atoms with Crippen molar-refractivity contribution in [1.82, 2.24) is 0 Å². The number of hydrogen-bond acceptors (Lipinski definition) is 6. The first-order valence-corrected chi connectivity index (χ1v) is 10.4. The van der Waals surface area contributed by atoms with E-state index in [0.717, 1.165) is 24.8 Å². The number of carbonyl (C=O) groups is 2. The van der Waals surface area contributed by atoms with Crippen molar-refractivity contribution in [3.8, 4) is 0 Å². The molecular weight excluding hydrogens is 356 g/mol. The summed E-state index contributed by atoms with van der Waals surface area (Å²) in [5.41, 5.74) is 1.74. The van der Waals surface area contributed by atoms with Gasteiger partial charge >= 0.3 is 5.97 Å². The molecule has 5 nitrogen and oxygen atoms in total. The van der Waals surface area contributed by atoms with E-state index in [9.17, 15) is 9.59 Å². The zero-order valence-corrected chi connectivity index (χ0v) is 16.7. The van der Waals surface area contributed by atoms with Crippen LogP contribution in [0.15, 0.2) is 0 Å². The maximum atomic E-state index is 12.6. The van der Waals surface area contributed by atoms with E-state index in [2.05, 4.69) is 20.8 Å². The molecule has 7 heteroatoms. The quantitative estimate of drug-likeness (QED) is 0.802. The zero-order chi connectivity index (χ0) is 18.4. The first-order chi connectivity index (χ1) is 11.7. The fourth-order valence-corrected chi connectivity index (χ4v) is 5.67. The molecule has 2 heterocycles. The first-order valence-electron chi connectivity index (χ1n) is 8.60. The van der Waals surface area contributed by atoms with E-state index in [1.807, 2.05) is 0 Å². The molecule has 0 aromatic carbocycles. The molecule has 1 fully saturated rings. The molecule has 136 valence electrons. The second-order valence-corrected chi connectivity index (χ2v) is 9.58. The van der Waals surface area contributed by atoms with Crippen molar-refractivity contribution in [2.75, 3.05) is 17.3 Å². The molecule has 2 aliphatic rings. The lowest BCUT2D eigenvalue weighted by Gasteiger charge is -2.33. The van der Waals surface area contributed by atoms with Crippen molar-refractivity contribution in [3.63, 3.8) is 0 Å². The van der Waals surface area contributed by atoms with Crippen LogP contribution in [-0.2, 0) is 22.4 Å². The van der Waals surface area contributed by atoms with Crippen LogP contribution < -0.4 is 4.90 Å². The number of esters is 1. The largest absolute Gasteiger partial charge is 0.462 e. The van der Waals surface area contributed by atoms with Crippen molar-refractivity contribution in [2.24, 2.45) is 11.3 Å². The molecule has 1 atom stereocenters. The Balaban J connectivity index is 2.06. The fraction of sp³-hybridized carbons (Fsp3) is 0.611. The molecule has 0 radical (unpaired) electrons. The predicted octanol–water partition coefficient (Wildman–Crippen LogP) is 4.09. The number of ether oxygens (including phenoxy) is 1. The van der Waals surface area contributed by atoms with Gasteiger partial charge in [-0.05, 0) is 43.1 Å². The number of nitrogens with zero attached hydrogens (tertiary/aromatic N) is 1. The Morgan fingerprint density at radius 1 is 1.40 bits per heavy atom. The normalized spacial score (nSPS) is 20.8. The maximum Gasteiger partial charge on any atom is 0.341 e. The lowest BCUT2D eigenvalue weighted by molar-refractivity contribution is -0.115. The number of carbonyl (C=O) groups excluding carboxylic acids is 2. The van der Waals surface area contributed by atoms with Crippen LogP contribution in [0.3, 0.4) is 0 Å². The molecule has 0 bridgehead atoms. The number of thioether (sulfide) groups is 1. The van der Waals surface area contributed by atoms with Gasteiger partial charge in [-0.2, -0.15) is 0 Å². The van der Waals surface area contributed by atoms with Crippen molar-refractivity contribution in [1.29, 1.82) is 5.41 Å². The summed E-state index contributed by atoms with van der Waals surface area (Å²) >= 11 is 2.70. The van der Waals surface area contributed by atoms with E-state index in [1.165, 1.54) is 32.9 Å². The molecule has 1 saturated heterocycles. The third-order valence-electron chi connectivity index (χ3n) is 4.94. The number of fused-ring (bicyclic) bond motifs is 1. The van der Waals surface area contributed by atoms with Gasteiger partial charge in [0.15, 0.2) is 5.17 Å². The zero-order valence-electron chi connectivity index (χ0n) is 15.1. The topological polar surface area (TPSA) is 70.5 Å². The van der Waals surface area contributed by atoms with Crippen molar-refractivity contribution >= 4 is 45.1 Å². The Bertz CT molecular complexity index is 717. The standard InChI is InChI=1S/C18H24N2O3S2/c1-5-23-16(22)14-11-7-6-10(18(2,3)4)8-12(11)25-15(14)20-13(21)9-24-17(20)19/h10,19H,5-9H2,1-4H3/t10-/m0/s1. The molecule has 1 amide bonds. The van der Waals surface area contributed by atoms with Gasteiger partial charge in [0, 0.05) is 4.88 Å². The minimum atomic E-state index is -0.373. The van der Waals surface area contributed by atoms with Gasteiger partial charge in [-0.1, -0.05) is 32.5 Å². The maximum absolute atomic E-state index is 12.6. The second-order valence-electron chi connectivity index (χ2n) is 7.53. The SMILES string of the molecule is CCOC(=O)c1c(N2C(=N)SCC2=O)sc2c1CC[C@H](C(C)(C)C)C2. The predicted molar refractivity (Wildman–Crippen MR) is 103 cm³/mol. The third kappa shape index (κ3) is 3.36. The monoisotopic (exact) mass is 380 g/mol. The van der Waals surface area contributed by atoms with E-state index in [4.69, 9.17) is 10.1 Å². The van der Waals surface area contributed by atoms with Crippen LogP contribution in [0.2, 0.25) is 0 Å². The minimum absolute atomic E-state index is 0.133. The lowest BCUT2D eigenvalue weighted by atomic mass is 9.72. The molecule has 1 aliphatic heterocycles. The lowest BCUT2D eigenvalue weighted by Crippen LogP contribution is -2.29. The molecule has 1 aliphatic carbocycles. The van der Waals surface area contributed by atoms with Crippen LogP contribution in [0, 0.1) is 16.7 Å². The summed E-state index contributed by atoms with van der Waals surface area (Å²) in [4.78, 5) is 27.5. The van der Waals surface area contributed by atoms with E-state index in [1.54, 1.807) is 6.92 Å². The summed E-state index contributed by atoms with van der Waals surface area (Å²) in [6.07, 6.45) is 2.77. The molecule has 25 heavy (non-hydrogen) atoms. The molecule has 0 saturated carbocycles. The number of amidine groups is 1. The highest BCUT2D eigenvalue weighted by Gasteiger charge is 2.39. The van der Waals surface area contributed by atoms with Gasteiger partial charge < -0.3 is 4.74 Å². The number of hydrogen-bond donors (Lipinski definition) is 1. The fourth-order valence-electron chi connectivity index (χ4n) is 3.46. The van der Waals surface area contributed by atoms with Gasteiger partial charge in [-0.25, -0.2) is 9.69 Å². The van der Waals surface area contributed by atoms with Crippen molar-refractivity contribution in [2.45, 2.75) is 47.0 Å². The summed E-state index contributed by atoms with van der Waals surface area (Å²) in [5.74, 6) is 0.298. The highest BCUT2D eigenvalue weighted by Crippen LogP contribution is 2.46. The van der Waals surface area contributed by atoms with Crippen LogP contribution in [0.4, 0.5) is 5.00 Å². The van der Waals surface area contributed by atoms with E-state index in [0.29, 0.717) is 23.1 Å². The van der Waals surface area contributed by atoms with Crippen LogP contribution in [0.25, 0.3) is 0 Å². The van der Waals surface area contributed by atoms with Crippen LogP contribution >= 0.6 is 23.1 Å². The number of anilines is 1. The molecule has 0 spiro atoms. The second kappa shape index (κ2) is 6.76. The molecule has 1 aromatic heterocycles. The Kier molecular flexibility index (Phi) is 4.99. The van der Waals surface area contributed by atoms with Gasteiger partial charge in [0.25, 0.3) is 0 Å². The Morgan fingerprint density at radius 3 is 2.68 bits per heavy atom. The molecule has 0 unspecified atom stereocenters. The van der Waals surface area contributed by atoms with Crippen molar-refractivity contribution in [3.05, 3.63) is 16.0 Å².